The molecule has 3 saturated heterocycles. The minimum Gasteiger partial charge on any atom is -0.367 e. The normalized spacial score (nSPS) is 27.3. The van der Waals surface area contributed by atoms with Crippen molar-refractivity contribution in [2.75, 3.05) is 51.3 Å². The first-order valence-corrected chi connectivity index (χ1v) is 15.5. The second-order valence-electron chi connectivity index (χ2n) is 11.7. The quantitative estimate of drug-likeness (QED) is 0.398. The lowest BCUT2D eigenvalue weighted by atomic mass is 9.78. The fraction of sp³-hybridized carbons (Fsp3) is 0.548. The number of thiazole rings is 1. The summed E-state index contributed by atoms with van der Waals surface area (Å²) in [6, 6.07) is 6.71. The summed E-state index contributed by atoms with van der Waals surface area (Å²) in [4.78, 5) is 51.1. The number of ketones is 1. The van der Waals surface area contributed by atoms with Crippen molar-refractivity contribution >= 4 is 34.4 Å². The van der Waals surface area contributed by atoms with Gasteiger partial charge in [0.2, 0.25) is 0 Å². The molecule has 0 spiro atoms. The molecule has 6 rings (SSSR count). The molecule has 1 amide bonds. The number of likely N-dealkylation sites (tertiary alicyclic amines) is 1. The molecule has 216 valence electrons. The van der Waals surface area contributed by atoms with Crippen LogP contribution in [0, 0.1) is 24.2 Å². The Balaban J connectivity index is 1.23. The van der Waals surface area contributed by atoms with E-state index in [1.54, 1.807) is 23.5 Å². The Labute approximate surface area is 245 Å². The van der Waals surface area contributed by atoms with Gasteiger partial charge in [0.05, 0.1) is 17.7 Å². The lowest BCUT2D eigenvalue weighted by Gasteiger charge is -2.46. The molecule has 10 heteroatoms. The summed E-state index contributed by atoms with van der Waals surface area (Å²) in [6.45, 7) is 4.26. The van der Waals surface area contributed by atoms with E-state index in [2.05, 4.69) is 33.5 Å². The molecule has 0 radical (unpaired) electrons. The summed E-state index contributed by atoms with van der Waals surface area (Å²) in [5.41, 5.74) is 0.924. The van der Waals surface area contributed by atoms with E-state index >= 15 is 0 Å². The number of aromatic nitrogens is 1. The number of fused-ring (bicyclic) bond motifs is 1. The molecule has 1 aliphatic carbocycles. The van der Waals surface area contributed by atoms with Gasteiger partial charge >= 0.3 is 0 Å². The second-order valence-corrected chi connectivity index (χ2v) is 12.6. The average Bonchev–Trinajstić information content (AvgIpc) is 3.74. The van der Waals surface area contributed by atoms with Gasteiger partial charge in [-0.1, -0.05) is 37.3 Å². The van der Waals surface area contributed by atoms with E-state index in [9.17, 15) is 14.4 Å². The summed E-state index contributed by atoms with van der Waals surface area (Å²) in [7, 11) is 2.13. The van der Waals surface area contributed by atoms with Gasteiger partial charge in [0.25, 0.3) is 5.91 Å². The highest BCUT2D eigenvalue weighted by molar-refractivity contribution is 7.14. The number of nitrogens with zero attached hydrogens (tertiary/aromatic N) is 4. The van der Waals surface area contributed by atoms with E-state index in [1.807, 2.05) is 17.0 Å². The Morgan fingerprint density at radius 2 is 1.90 bits per heavy atom. The number of hydrogen-bond donors (Lipinski definition) is 1. The van der Waals surface area contributed by atoms with Crippen molar-refractivity contribution < 1.29 is 19.1 Å². The van der Waals surface area contributed by atoms with Gasteiger partial charge in [-0.05, 0) is 32.0 Å². The molecule has 1 N–H and O–H groups in total. The van der Waals surface area contributed by atoms with Crippen LogP contribution in [0.4, 0.5) is 5.13 Å². The zero-order chi connectivity index (χ0) is 28.6. The fourth-order valence-electron chi connectivity index (χ4n) is 6.91. The van der Waals surface area contributed by atoms with Crippen molar-refractivity contribution in [2.45, 2.75) is 49.9 Å². The standard InChI is InChI=1S/C31H37N5O4S/c1-3-21-17-36(27-26(38)18-40-28(21)27)31(20-37,24-7-5-4-6-8-24)33-29(39)23-11-9-22(10-12-23)25-19-41-30(32-25)35-15-13-34(2)14-16-35/h1,9-12,19-21,24,27-28H,4-8,13-18H2,2H3,(H,33,39). The van der Waals surface area contributed by atoms with Gasteiger partial charge in [-0.3, -0.25) is 19.3 Å². The summed E-state index contributed by atoms with van der Waals surface area (Å²) in [5.74, 6) is 1.88. The number of benzene rings is 1. The summed E-state index contributed by atoms with van der Waals surface area (Å²) in [5, 5.41) is 6.18. The van der Waals surface area contributed by atoms with Gasteiger partial charge in [0.1, 0.15) is 12.6 Å². The molecule has 2 aromatic rings. The number of carbonyl (C=O) groups is 3. The van der Waals surface area contributed by atoms with Crippen LogP contribution in [-0.4, -0.2) is 96.9 Å². The SMILES string of the molecule is C#CC1CN(C(C=O)(NC(=O)c2ccc(-c3csc(N4CCN(C)CC4)n3)cc2)C2CCCCC2)C2C(=O)COC12. The molecule has 4 unspecified atom stereocenters. The number of carbonyl (C=O) groups excluding carboxylic acids is 3. The van der Waals surface area contributed by atoms with E-state index in [1.165, 1.54) is 0 Å². The number of ether oxygens (including phenoxy) is 1. The van der Waals surface area contributed by atoms with Gasteiger partial charge in [-0.15, -0.1) is 17.8 Å². The molecular weight excluding hydrogens is 538 g/mol. The monoisotopic (exact) mass is 575 g/mol. The maximum absolute atomic E-state index is 13.8. The molecule has 4 aliphatic rings. The maximum Gasteiger partial charge on any atom is 0.253 e. The molecule has 4 fully saturated rings. The molecule has 1 aromatic carbocycles. The molecular formula is C31H37N5O4S. The summed E-state index contributed by atoms with van der Waals surface area (Å²) in [6.07, 6.45) is 10.8. The van der Waals surface area contributed by atoms with Crippen molar-refractivity contribution in [1.82, 2.24) is 20.1 Å². The highest BCUT2D eigenvalue weighted by Gasteiger charge is 2.59. The third-order valence-electron chi connectivity index (χ3n) is 9.30. The van der Waals surface area contributed by atoms with Crippen molar-refractivity contribution in [1.29, 1.82) is 0 Å². The molecule has 4 atom stereocenters. The number of likely N-dealkylation sites (N-methyl/N-ethyl adjacent to an activating group) is 1. The number of aldehydes is 1. The molecule has 1 aromatic heterocycles. The number of amides is 1. The highest BCUT2D eigenvalue weighted by Crippen LogP contribution is 2.42. The van der Waals surface area contributed by atoms with Crippen LogP contribution in [-0.2, 0) is 14.3 Å². The van der Waals surface area contributed by atoms with Gasteiger partial charge < -0.3 is 19.9 Å². The lowest BCUT2D eigenvalue weighted by molar-refractivity contribution is -0.132. The molecule has 1 saturated carbocycles. The van der Waals surface area contributed by atoms with E-state index in [0.29, 0.717) is 12.1 Å². The number of hydrogen-bond acceptors (Lipinski definition) is 9. The van der Waals surface area contributed by atoms with Crippen LogP contribution in [0.1, 0.15) is 42.5 Å². The van der Waals surface area contributed by atoms with Gasteiger partial charge in [0.15, 0.2) is 22.9 Å². The van der Waals surface area contributed by atoms with Crippen LogP contribution in [0.3, 0.4) is 0 Å². The zero-order valence-electron chi connectivity index (χ0n) is 23.5. The first-order chi connectivity index (χ1) is 19.9. The molecule has 9 nitrogen and oxygen atoms in total. The largest absolute Gasteiger partial charge is 0.367 e. The van der Waals surface area contributed by atoms with Crippen molar-refractivity contribution in [3.8, 4) is 23.6 Å². The predicted molar refractivity (Wildman–Crippen MR) is 158 cm³/mol. The lowest BCUT2D eigenvalue weighted by Crippen LogP contribution is -2.68. The number of terminal acetylenes is 1. The van der Waals surface area contributed by atoms with E-state index in [0.717, 1.165) is 81.0 Å². The third kappa shape index (κ3) is 5.21. The Kier molecular flexibility index (Phi) is 7.97. The molecule has 3 aliphatic heterocycles. The summed E-state index contributed by atoms with van der Waals surface area (Å²) >= 11 is 1.63. The number of nitrogens with one attached hydrogen (secondary N) is 1. The summed E-state index contributed by atoms with van der Waals surface area (Å²) < 4.78 is 5.77. The molecule has 41 heavy (non-hydrogen) atoms. The maximum atomic E-state index is 13.8. The number of anilines is 1. The van der Waals surface area contributed by atoms with Crippen LogP contribution in [0.15, 0.2) is 29.6 Å². The Bertz CT molecular complexity index is 1320. The van der Waals surface area contributed by atoms with Crippen molar-refractivity contribution in [3.63, 3.8) is 0 Å². The van der Waals surface area contributed by atoms with E-state index in [4.69, 9.17) is 16.1 Å². The Hall–Kier alpha value is -3.10. The molecule has 0 bridgehead atoms. The number of Topliss-reactive ketones (excluding diaryl/α,β-unsaturated/α-hetero) is 1. The van der Waals surface area contributed by atoms with Crippen LogP contribution < -0.4 is 10.2 Å². The fourth-order valence-corrected chi connectivity index (χ4v) is 7.80. The average molecular weight is 576 g/mol. The number of rotatable bonds is 7. The third-order valence-corrected chi connectivity index (χ3v) is 10.2. The molecule has 4 heterocycles. The van der Waals surface area contributed by atoms with Gasteiger partial charge in [-0.25, -0.2) is 4.98 Å². The minimum atomic E-state index is -1.33. The first-order valence-electron chi connectivity index (χ1n) is 14.6. The van der Waals surface area contributed by atoms with Crippen molar-refractivity contribution in [2.24, 2.45) is 11.8 Å². The van der Waals surface area contributed by atoms with Gasteiger partial charge in [0, 0.05) is 55.1 Å². The van der Waals surface area contributed by atoms with Crippen LogP contribution >= 0.6 is 11.3 Å². The van der Waals surface area contributed by atoms with E-state index < -0.39 is 17.8 Å². The van der Waals surface area contributed by atoms with E-state index in [-0.39, 0.29) is 30.1 Å². The Morgan fingerprint density at radius 1 is 1.17 bits per heavy atom. The Morgan fingerprint density at radius 3 is 2.59 bits per heavy atom. The zero-order valence-corrected chi connectivity index (χ0v) is 24.3. The van der Waals surface area contributed by atoms with Crippen LogP contribution in [0.2, 0.25) is 0 Å². The first kappa shape index (κ1) is 28.0. The highest BCUT2D eigenvalue weighted by atomic mass is 32.1. The smallest absolute Gasteiger partial charge is 0.253 e. The number of piperazine rings is 1. The minimum absolute atomic E-state index is 0.0217. The topological polar surface area (TPSA) is 95.1 Å². The second kappa shape index (κ2) is 11.6. The predicted octanol–water partition coefficient (Wildman–Crippen LogP) is 2.67. The van der Waals surface area contributed by atoms with Crippen molar-refractivity contribution in [3.05, 3.63) is 35.2 Å². The van der Waals surface area contributed by atoms with Crippen LogP contribution in [0.25, 0.3) is 11.3 Å². The van der Waals surface area contributed by atoms with Gasteiger partial charge in [-0.2, -0.15) is 0 Å². The van der Waals surface area contributed by atoms with Crippen LogP contribution in [0.5, 0.6) is 0 Å².